The lowest BCUT2D eigenvalue weighted by atomic mass is 10.2. The van der Waals surface area contributed by atoms with Crippen LogP contribution in [-0.4, -0.2) is 43.3 Å². The van der Waals surface area contributed by atoms with E-state index in [0.717, 1.165) is 0 Å². The highest BCUT2D eigenvalue weighted by Gasteiger charge is 2.40. The van der Waals surface area contributed by atoms with Gasteiger partial charge in [-0.05, 0) is 36.4 Å². The number of hydrogen-bond acceptors (Lipinski definition) is 9. The Morgan fingerprint density at radius 1 is 1.39 bits per heavy atom. The van der Waals surface area contributed by atoms with Crippen LogP contribution < -0.4 is 11.2 Å². The molecule has 1 aliphatic heterocycles. The van der Waals surface area contributed by atoms with Gasteiger partial charge in [0.2, 0.25) is 0 Å². The topological polar surface area (TPSA) is 166 Å². The smallest absolute Gasteiger partial charge is 0.330 e. The molecule has 0 radical (unpaired) electrons. The molecule has 0 saturated carbocycles. The molecule has 31 heavy (non-hydrogen) atoms. The molecular weight excluding hydrogens is 453 g/mol. The summed E-state index contributed by atoms with van der Waals surface area (Å²) in [5.41, 5.74) is -0.457. The van der Waals surface area contributed by atoms with Gasteiger partial charge in [0.05, 0.1) is 24.2 Å². The largest absolute Gasteiger partial charge is 0.394 e. The molecular formula is C17H20N3O9PS. The molecule has 168 valence electrons. The summed E-state index contributed by atoms with van der Waals surface area (Å²) < 4.78 is 17.6. The van der Waals surface area contributed by atoms with Crippen LogP contribution >= 0.6 is 6.72 Å². The Bertz CT molecular complexity index is 1120. The number of hydrogen-bond donors (Lipinski definition) is 3. The molecule has 1 aromatic carbocycles. The minimum absolute atomic E-state index is 0.0659. The molecule has 4 unspecified atom stereocenters. The quantitative estimate of drug-likeness (QED) is 0.284. The van der Waals surface area contributed by atoms with Crippen LogP contribution in [0.25, 0.3) is 0 Å². The van der Waals surface area contributed by atoms with Gasteiger partial charge < -0.3 is 23.8 Å². The second-order valence-electron chi connectivity index (χ2n) is 6.84. The molecule has 2 heterocycles. The lowest BCUT2D eigenvalue weighted by Gasteiger charge is -2.22. The molecule has 3 rings (SSSR count). The predicted molar refractivity (Wildman–Crippen MR) is 111 cm³/mol. The average molecular weight is 473 g/mol. The van der Waals surface area contributed by atoms with Crippen LogP contribution in [0.15, 0.2) is 40.1 Å². The van der Waals surface area contributed by atoms with Gasteiger partial charge in [-0.2, -0.15) is 0 Å². The van der Waals surface area contributed by atoms with Gasteiger partial charge in [-0.3, -0.25) is 24.5 Å². The number of aryl methyl sites for hydroxylation is 1. The van der Waals surface area contributed by atoms with Crippen LogP contribution in [0.2, 0.25) is 0 Å². The number of aliphatic hydroxyl groups is 1. The summed E-state index contributed by atoms with van der Waals surface area (Å²) in [6, 6.07) is 5.51. The molecule has 0 amide bonds. The monoisotopic (exact) mass is 473 g/mol. The molecule has 0 aliphatic carbocycles. The van der Waals surface area contributed by atoms with Crippen molar-refractivity contribution in [2.45, 2.75) is 38.4 Å². The van der Waals surface area contributed by atoms with Crippen molar-refractivity contribution in [3.8, 4) is 0 Å². The van der Waals surface area contributed by atoms with Gasteiger partial charge >= 0.3 is 12.4 Å². The summed E-state index contributed by atoms with van der Waals surface area (Å²) in [6.07, 6.45) is -1.21. The lowest BCUT2D eigenvalue weighted by molar-refractivity contribution is -0.384. The molecule has 1 saturated heterocycles. The van der Waals surface area contributed by atoms with E-state index >= 15 is 0 Å². The minimum Gasteiger partial charge on any atom is -0.394 e. The molecule has 12 nitrogen and oxygen atoms in total. The molecule has 1 aliphatic rings. The van der Waals surface area contributed by atoms with Gasteiger partial charge in [-0.1, -0.05) is 0 Å². The van der Waals surface area contributed by atoms with Crippen molar-refractivity contribution in [2.24, 2.45) is 0 Å². The number of benzene rings is 1. The molecule has 14 heteroatoms. The molecule has 1 aromatic heterocycles. The van der Waals surface area contributed by atoms with E-state index < -0.39 is 47.9 Å². The van der Waals surface area contributed by atoms with E-state index in [0.29, 0.717) is 11.1 Å². The van der Waals surface area contributed by atoms with E-state index in [9.17, 15) is 29.7 Å². The van der Waals surface area contributed by atoms with Gasteiger partial charge in [0.15, 0.2) is 0 Å². The Morgan fingerprint density at radius 2 is 2.06 bits per heavy atom. The number of aromatic nitrogens is 2. The first-order chi connectivity index (χ1) is 14.6. The molecule has 4 atom stereocenters. The van der Waals surface area contributed by atoms with Gasteiger partial charge in [-0.15, -0.1) is 0 Å². The van der Waals surface area contributed by atoms with Crippen molar-refractivity contribution in [2.75, 3.05) is 6.61 Å². The maximum atomic E-state index is 12.1. The minimum atomic E-state index is -3.77. The second kappa shape index (κ2) is 9.49. The van der Waals surface area contributed by atoms with Gasteiger partial charge in [0.25, 0.3) is 11.2 Å². The summed E-state index contributed by atoms with van der Waals surface area (Å²) in [5, 5.41) is 20.3. The number of nitrogens with zero attached hydrogens (tertiary/aromatic N) is 2. The zero-order valence-corrected chi connectivity index (χ0v) is 18.0. The van der Waals surface area contributed by atoms with Crippen molar-refractivity contribution >= 4 is 24.2 Å². The van der Waals surface area contributed by atoms with Gasteiger partial charge in [0, 0.05) is 30.3 Å². The molecule has 2 aromatic rings. The van der Waals surface area contributed by atoms with Crippen LogP contribution in [0, 0.1) is 17.0 Å². The molecule has 0 spiro atoms. The number of rotatable bonds is 8. The highest BCUT2D eigenvalue weighted by Crippen LogP contribution is 2.49. The van der Waals surface area contributed by atoms with Crippen molar-refractivity contribution in [3.63, 3.8) is 0 Å². The number of nitro benzene ring substituents is 1. The third-order valence-corrected chi connectivity index (χ3v) is 6.19. The molecule has 3 N–H and O–H groups in total. The zero-order chi connectivity index (χ0) is 22.8. The van der Waals surface area contributed by atoms with Crippen LogP contribution in [0.1, 0.15) is 23.8 Å². The van der Waals surface area contributed by atoms with Crippen LogP contribution in [0.5, 0.6) is 0 Å². The third-order valence-electron chi connectivity index (χ3n) is 4.63. The number of non-ortho nitro benzene ring substituents is 1. The van der Waals surface area contributed by atoms with E-state index in [2.05, 4.69) is 4.98 Å². The first-order valence-electron chi connectivity index (χ1n) is 9.07. The highest BCUT2D eigenvalue weighted by molar-refractivity contribution is 8.07. The summed E-state index contributed by atoms with van der Waals surface area (Å²) in [5.74, 6) is 0. The van der Waals surface area contributed by atoms with Crippen LogP contribution in [0.4, 0.5) is 5.69 Å². The maximum Gasteiger partial charge on any atom is 0.330 e. The van der Waals surface area contributed by atoms with E-state index in [1.54, 1.807) is 0 Å². The van der Waals surface area contributed by atoms with Crippen LogP contribution in [-0.2, 0) is 32.2 Å². The summed E-state index contributed by atoms with van der Waals surface area (Å²) in [7, 11) is 0. The normalized spacial score (nSPS) is 22.9. The summed E-state index contributed by atoms with van der Waals surface area (Å²) >= 11 is 5.03. The first kappa shape index (κ1) is 23.4. The zero-order valence-electron chi connectivity index (χ0n) is 16.2. The Hall–Kier alpha value is -2.25. The number of aliphatic hydroxyl groups excluding tert-OH is 1. The number of aromatic amines is 1. The molecule has 0 bridgehead atoms. The van der Waals surface area contributed by atoms with E-state index in [4.69, 9.17) is 25.6 Å². The van der Waals surface area contributed by atoms with E-state index in [1.165, 1.54) is 42.0 Å². The van der Waals surface area contributed by atoms with E-state index in [-0.39, 0.29) is 18.7 Å². The fraction of sp³-hybridized carbons (Fsp3) is 0.412. The van der Waals surface area contributed by atoms with Gasteiger partial charge in [-0.25, -0.2) is 4.79 Å². The fourth-order valence-electron chi connectivity index (χ4n) is 3.02. The average Bonchev–Trinajstić information content (AvgIpc) is 3.11. The Labute approximate surface area is 180 Å². The maximum absolute atomic E-state index is 12.1. The van der Waals surface area contributed by atoms with Crippen molar-refractivity contribution in [1.29, 1.82) is 0 Å². The number of H-pyrrole nitrogens is 1. The Kier molecular flexibility index (Phi) is 7.17. The molecule has 1 fully saturated rings. The van der Waals surface area contributed by atoms with Crippen molar-refractivity contribution in [1.82, 2.24) is 9.55 Å². The predicted octanol–water partition coefficient (Wildman–Crippen LogP) is 0.852. The highest BCUT2D eigenvalue weighted by atomic mass is 32.5. The fourth-order valence-corrected chi connectivity index (χ4v) is 4.44. The number of nitro groups is 1. The lowest BCUT2D eigenvalue weighted by Crippen LogP contribution is -2.33. The van der Waals surface area contributed by atoms with Crippen LogP contribution in [0.3, 0.4) is 0 Å². The first-order valence-corrected chi connectivity index (χ1v) is 11.7. The van der Waals surface area contributed by atoms with Crippen molar-refractivity contribution in [3.05, 3.63) is 72.5 Å². The number of nitrogens with one attached hydrogen (secondary N) is 1. The van der Waals surface area contributed by atoms with Gasteiger partial charge in [0.1, 0.15) is 12.3 Å². The number of ether oxygens (including phenoxy) is 1. The third kappa shape index (κ3) is 5.71. The Balaban J connectivity index is 1.66. The van der Waals surface area contributed by atoms with Crippen molar-refractivity contribution < 1.29 is 28.7 Å². The summed E-state index contributed by atoms with van der Waals surface area (Å²) in [6.45, 7) is -2.85. The Morgan fingerprint density at radius 3 is 2.68 bits per heavy atom. The standard InChI is InChI=1S/C17H20N3O9PS/c1-10-7-19(17(23)18-16(10)22)15-6-13(14(8-21)28-15)29-30(26,31)27-9-11-2-4-12(5-3-11)20(24)25/h2-5,7,13-15,21H,6,8-9H2,1H3,(H,26,31)(H,18,22,23). The SMILES string of the molecule is Cc1cn(C2CC(OP(O)(=S)OCc3ccc([N+](=O)[O-])cc3)C(CO)O2)c(=O)[nH]c1=O. The second-order valence-corrected chi connectivity index (χ2v) is 9.63. The summed E-state index contributed by atoms with van der Waals surface area (Å²) in [4.78, 5) is 46.4. The van der Waals surface area contributed by atoms with E-state index in [1.807, 2.05) is 0 Å².